The molecule has 0 aromatic carbocycles. The second-order valence-electron chi connectivity index (χ2n) is 5.84. The molecule has 0 heterocycles. The van der Waals surface area contributed by atoms with Crippen LogP contribution in [0, 0.1) is 17.8 Å². The van der Waals surface area contributed by atoms with E-state index in [-0.39, 0.29) is 11.8 Å². The predicted molar refractivity (Wildman–Crippen MR) is 70.4 cm³/mol. The molecule has 1 fully saturated rings. The summed E-state index contributed by atoms with van der Waals surface area (Å²) in [6.07, 6.45) is 13.0. The summed E-state index contributed by atoms with van der Waals surface area (Å²) in [5, 5.41) is 0. The van der Waals surface area contributed by atoms with E-state index in [2.05, 4.69) is 6.08 Å². The first kappa shape index (κ1) is 12.7. The second-order valence-corrected chi connectivity index (χ2v) is 5.84. The average Bonchev–Trinajstić information content (AvgIpc) is 2.39. The summed E-state index contributed by atoms with van der Waals surface area (Å²) >= 11 is 0. The summed E-state index contributed by atoms with van der Waals surface area (Å²) in [6, 6.07) is 0. The van der Waals surface area contributed by atoms with Gasteiger partial charge in [0.2, 0.25) is 5.91 Å². The van der Waals surface area contributed by atoms with Crippen LogP contribution in [0.4, 0.5) is 0 Å². The van der Waals surface area contributed by atoms with Gasteiger partial charge in [-0.2, -0.15) is 0 Å². The van der Waals surface area contributed by atoms with Gasteiger partial charge >= 0.3 is 0 Å². The smallest absolute Gasteiger partial charge is 0.224 e. The highest BCUT2D eigenvalue weighted by atomic mass is 16.1. The van der Waals surface area contributed by atoms with Crippen molar-refractivity contribution < 1.29 is 4.79 Å². The molecule has 0 saturated heterocycles. The van der Waals surface area contributed by atoms with Crippen molar-refractivity contribution in [1.29, 1.82) is 0 Å². The van der Waals surface area contributed by atoms with Gasteiger partial charge in [-0.1, -0.05) is 43.8 Å². The van der Waals surface area contributed by atoms with E-state index in [9.17, 15) is 4.79 Å². The summed E-state index contributed by atoms with van der Waals surface area (Å²) in [4.78, 5) is 11.2. The fraction of sp³-hybridized carbons (Fsp3) is 0.800. The summed E-state index contributed by atoms with van der Waals surface area (Å²) in [6.45, 7) is 1.94. The van der Waals surface area contributed by atoms with Crippen molar-refractivity contribution >= 4 is 5.91 Å². The monoisotopic (exact) mass is 235 g/mol. The molecule has 2 heteroatoms. The van der Waals surface area contributed by atoms with Gasteiger partial charge in [-0.05, 0) is 38.0 Å². The maximum Gasteiger partial charge on any atom is 0.224 e. The second kappa shape index (κ2) is 5.70. The minimum atomic E-state index is -0.174. The molecule has 96 valence electrons. The Hall–Kier alpha value is -0.790. The molecule has 0 aliphatic heterocycles. The lowest BCUT2D eigenvalue weighted by atomic mass is 9.73. The average molecular weight is 235 g/mol. The molecule has 0 spiro atoms. The zero-order valence-electron chi connectivity index (χ0n) is 11.0. The molecule has 2 nitrogen and oxygen atoms in total. The van der Waals surface area contributed by atoms with Gasteiger partial charge in [0.05, 0.1) is 5.92 Å². The molecule has 1 saturated carbocycles. The highest BCUT2D eigenvalue weighted by molar-refractivity contribution is 5.79. The van der Waals surface area contributed by atoms with Crippen LogP contribution >= 0.6 is 0 Å². The topological polar surface area (TPSA) is 43.1 Å². The first-order valence-electron chi connectivity index (χ1n) is 7.16. The van der Waals surface area contributed by atoms with Gasteiger partial charge in [0.1, 0.15) is 0 Å². The van der Waals surface area contributed by atoms with Gasteiger partial charge in [0.15, 0.2) is 0 Å². The third kappa shape index (κ3) is 3.11. The Morgan fingerprint density at radius 2 is 1.94 bits per heavy atom. The van der Waals surface area contributed by atoms with Crippen molar-refractivity contribution in [2.75, 3.05) is 0 Å². The van der Waals surface area contributed by atoms with Crippen LogP contribution in [0.15, 0.2) is 11.6 Å². The molecule has 17 heavy (non-hydrogen) atoms. The molecule has 0 aromatic rings. The van der Waals surface area contributed by atoms with Crippen molar-refractivity contribution in [2.24, 2.45) is 23.5 Å². The third-order valence-corrected chi connectivity index (χ3v) is 4.79. The van der Waals surface area contributed by atoms with Crippen LogP contribution in [0.2, 0.25) is 0 Å². The predicted octanol–water partition coefficient (Wildman–Crippen LogP) is 3.41. The van der Waals surface area contributed by atoms with Crippen LogP contribution in [0.5, 0.6) is 0 Å². The Morgan fingerprint density at radius 3 is 2.47 bits per heavy atom. The van der Waals surface area contributed by atoms with Crippen LogP contribution in [0.1, 0.15) is 58.3 Å². The van der Waals surface area contributed by atoms with Crippen LogP contribution in [-0.4, -0.2) is 5.91 Å². The SMILES string of the molecule is CC(C(N)=O)C1=CCC(C2CCCCC2)CC1. The largest absolute Gasteiger partial charge is 0.369 e. The van der Waals surface area contributed by atoms with E-state index in [1.165, 1.54) is 50.5 Å². The number of rotatable bonds is 3. The van der Waals surface area contributed by atoms with Crippen molar-refractivity contribution in [2.45, 2.75) is 58.3 Å². The zero-order chi connectivity index (χ0) is 12.3. The summed E-state index contributed by atoms with van der Waals surface area (Å²) in [5.41, 5.74) is 6.65. The first-order chi connectivity index (χ1) is 8.18. The number of primary amides is 1. The number of amides is 1. The molecular formula is C15H25NO. The van der Waals surface area contributed by atoms with Crippen molar-refractivity contribution in [3.8, 4) is 0 Å². The number of allylic oxidation sites excluding steroid dienone is 1. The van der Waals surface area contributed by atoms with Gasteiger partial charge in [-0.3, -0.25) is 4.79 Å². The minimum Gasteiger partial charge on any atom is -0.369 e. The van der Waals surface area contributed by atoms with E-state index in [0.717, 1.165) is 18.3 Å². The van der Waals surface area contributed by atoms with Crippen molar-refractivity contribution in [3.63, 3.8) is 0 Å². The molecular weight excluding hydrogens is 210 g/mol. The van der Waals surface area contributed by atoms with Crippen LogP contribution in [0.3, 0.4) is 0 Å². The van der Waals surface area contributed by atoms with E-state index in [4.69, 9.17) is 5.73 Å². The fourth-order valence-electron chi connectivity index (χ4n) is 3.48. The number of carbonyl (C=O) groups excluding carboxylic acids is 1. The Bertz CT molecular complexity index is 302. The molecule has 2 aliphatic carbocycles. The summed E-state index contributed by atoms with van der Waals surface area (Å²) in [7, 11) is 0. The lowest BCUT2D eigenvalue weighted by molar-refractivity contribution is -0.120. The first-order valence-corrected chi connectivity index (χ1v) is 7.16. The Kier molecular flexibility index (Phi) is 4.25. The molecule has 2 rings (SSSR count). The van der Waals surface area contributed by atoms with Crippen LogP contribution in [-0.2, 0) is 4.79 Å². The molecule has 2 atom stereocenters. The van der Waals surface area contributed by atoms with E-state index in [1.807, 2.05) is 6.92 Å². The Labute approximate surface area is 105 Å². The molecule has 2 unspecified atom stereocenters. The van der Waals surface area contributed by atoms with Crippen molar-refractivity contribution in [1.82, 2.24) is 0 Å². The minimum absolute atomic E-state index is 0.0534. The molecule has 1 amide bonds. The molecule has 0 radical (unpaired) electrons. The summed E-state index contributed by atoms with van der Waals surface area (Å²) in [5.74, 6) is 1.60. The zero-order valence-corrected chi connectivity index (χ0v) is 11.0. The van der Waals surface area contributed by atoms with Gasteiger partial charge in [-0.15, -0.1) is 0 Å². The van der Waals surface area contributed by atoms with Crippen molar-refractivity contribution in [3.05, 3.63) is 11.6 Å². The molecule has 0 aromatic heterocycles. The normalized spacial score (nSPS) is 28.5. The van der Waals surface area contributed by atoms with Gasteiger partial charge in [0.25, 0.3) is 0 Å². The maximum absolute atomic E-state index is 11.2. The standard InChI is InChI=1S/C15H25NO/c1-11(15(16)17)12-7-9-14(10-8-12)13-5-3-2-4-6-13/h7,11,13-14H,2-6,8-10H2,1H3,(H2,16,17). The van der Waals surface area contributed by atoms with Crippen LogP contribution < -0.4 is 5.73 Å². The van der Waals surface area contributed by atoms with Crippen LogP contribution in [0.25, 0.3) is 0 Å². The lowest BCUT2D eigenvalue weighted by Gasteiger charge is -2.33. The number of hydrogen-bond donors (Lipinski definition) is 1. The molecule has 2 aliphatic rings. The molecule has 2 N–H and O–H groups in total. The van der Waals surface area contributed by atoms with Gasteiger partial charge < -0.3 is 5.73 Å². The van der Waals surface area contributed by atoms with Gasteiger partial charge in [-0.25, -0.2) is 0 Å². The highest BCUT2D eigenvalue weighted by Gasteiger charge is 2.27. The Balaban J connectivity index is 1.89. The molecule has 0 bridgehead atoms. The van der Waals surface area contributed by atoms with E-state index >= 15 is 0 Å². The lowest BCUT2D eigenvalue weighted by Crippen LogP contribution is -2.26. The Morgan fingerprint density at radius 1 is 1.24 bits per heavy atom. The third-order valence-electron chi connectivity index (χ3n) is 4.79. The number of nitrogens with two attached hydrogens (primary N) is 1. The van der Waals surface area contributed by atoms with E-state index in [1.54, 1.807) is 0 Å². The number of carbonyl (C=O) groups is 1. The highest BCUT2D eigenvalue weighted by Crippen LogP contribution is 2.38. The van der Waals surface area contributed by atoms with E-state index in [0.29, 0.717) is 0 Å². The summed E-state index contributed by atoms with van der Waals surface area (Å²) < 4.78 is 0. The van der Waals surface area contributed by atoms with E-state index < -0.39 is 0 Å². The maximum atomic E-state index is 11.2. The fourth-order valence-corrected chi connectivity index (χ4v) is 3.48. The van der Waals surface area contributed by atoms with Gasteiger partial charge in [0, 0.05) is 0 Å². The number of hydrogen-bond acceptors (Lipinski definition) is 1. The quantitative estimate of drug-likeness (QED) is 0.748.